The Balaban J connectivity index is 1.05. The highest BCUT2D eigenvalue weighted by Gasteiger charge is 2.33. The highest BCUT2D eigenvalue weighted by Crippen LogP contribution is 2.39. The van der Waals surface area contributed by atoms with E-state index in [0.717, 1.165) is 47.9 Å². The first kappa shape index (κ1) is 22.0. The third-order valence-electron chi connectivity index (χ3n) is 7.28. The van der Waals surface area contributed by atoms with Gasteiger partial charge in [0.2, 0.25) is 0 Å². The molecule has 1 aromatic carbocycles. The third-order valence-corrected chi connectivity index (χ3v) is 7.28. The molecule has 2 aliphatic rings. The van der Waals surface area contributed by atoms with E-state index in [0.29, 0.717) is 11.9 Å². The Kier molecular flexibility index (Phi) is 6.42. The number of hydrogen-bond acceptors (Lipinski definition) is 5. The topological polar surface area (TPSA) is 72.0 Å². The molecule has 33 heavy (non-hydrogen) atoms. The Bertz CT molecular complexity index is 1100. The van der Waals surface area contributed by atoms with Gasteiger partial charge < -0.3 is 20.5 Å². The lowest BCUT2D eigenvalue weighted by molar-refractivity contribution is 0.0814. The van der Waals surface area contributed by atoms with Gasteiger partial charge in [0.25, 0.3) is 0 Å². The molecule has 7 heteroatoms. The van der Waals surface area contributed by atoms with Crippen molar-refractivity contribution in [2.75, 3.05) is 38.5 Å². The predicted molar refractivity (Wildman–Crippen MR) is 131 cm³/mol. The Labute approximate surface area is 194 Å². The van der Waals surface area contributed by atoms with Crippen LogP contribution in [0.15, 0.2) is 43.4 Å². The number of nitrogen functional groups attached to an aromatic ring is 1. The van der Waals surface area contributed by atoms with Crippen LogP contribution in [0.1, 0.15) is 36.4 Å². The van der Waals surface area contributed by atoms with E-state index in [2.05, 4.69) is 37.5 Å². The van der Waals surface area contributed by atoms with Gasteiger partial charge in [-0.1, -0.05) is 24.8 Å². The van der Waals surface area contributed by atoms with Gasteiger partial charge >= 0.3 is 0 Å². The summed E-state index contributed by atoms with van der Waals surface area (Å²) in [5, 5.41) is 4.49. The van der Waals surface area contributed by atoms with Crippen LogP contribution in [0.2, 0.25) is 0 Å². The van der Waals surface area contributed by atoms with Gasteiger partial charge in [-0.2, -0.15) is 0 Å². The predicted octanol–water partition coefficient (Wildman–Crippen LogP) is 3.90. The van der Waals surface area contributed by atoms with Crippen LogP contribution >= 0.6 is 0 Å². The lowest BCUT2D eigenvalue weighted by atomic mass is 9.97. The van der Waals surface area contributed by atoms with Crippen LogP contribution in [0, 0.1) is 17.7 Å². The minimum Gasteiger partial charge on any atom is -0.383 e. The van der Waals surface area contributed by atoms with Crippen molar-refractivity contribution in [2.45, 2.75) is 31.7 Å². The van der Waals surface area contributed by atoms with Gasteiger partial charge in [-0.25, -0.2) is 14.4 Å². The molecule has 3 N–H and O–H groups in total. The van der Waals surface area contributed by atoms with Crippen LogP contribution in [0.25, 0.3) is 17.1 Å². The SMILES string of the molecule is C=Cc1cn(C2CCC(CN3CC(CNCCc4ccc(F)cc4)C3)C2)c2ncnc(N)c12. The average Bonchev–Trinajstić information content (AvgIpc) is 3.40. The standard InChI is InChI=1S/C26H33FN6/c1-2-21-16-33(26-24(21)25(28)30-17-31-26)23-8-5-19(11-23)13-32-14-20(15-32)12-29-10-9-18-3-6-22(27)7-4-18/h2-4,6-7,16-17,19-20,23,29H,1,5,8-15H2,(H2,28,30,31). The molecule has 0 radical (unpaired) electrons. The number of anilines is 1. The lowest BCUT2D eigenvalue weighted by Crippen LogP contribution is -2.52. The van der Waals surface area contributed by atoms with Crippen molar-refractivity contribution in [3.8, 4) is 0 Å². The van der Waals surface area contributed by atoms with Crippen molar-refractivity contribution in [3.63, 3.8) is 0 Å². The maximum Gasteiger partial charge on any atom is 0.146 e. The van der Waals surface area contributed by atoms with E-state index in [1.165, 1.54) is 56.6 Å². The first-order chi connectivity index (χ1) is 16.1. The molecule has 0 amide bonds. The van der Waals surface area contributed by atoms with E-state index < -0.39 is 0 Å². The molecule has 174 valence electrons. The zero-order valence-corrected chi connectivity index (χ0v) is 19.1. The first-order valence-electron chi connectivity index (χ1n) is 12.0. The number of nitrogens with one attached hydrogen (secondary N) is 1. The molecular weight excluding hydrogens is 415 g/mol. The van der Waals surface area contributed by atoms with E-state index in [-0.39, 0.29) is 5.82 Å². The summed E-state index contributed by atoms with van der Waals surface area (Å²) < 4.78 is 15.3. The van der Waals surface area contributed by atoms with Gasteiger partial charge in [0, 0.05) is 44.0 Å². The quantitative estimate of drug-likeness (QED) is 0.486. The average molecular weight is 449 g/mol. The van der Waals surface area contributed by atoms with E-state index in [4.69, 9.17) is 5.73 Å². The molecular formula is C26H33FN6. The molecule has 2 aromatic heterocycles. The van der Waals surface area contributed by atoms with Crippen LogP contribution in [0.4, 0.5) is 10.2 Å². The van der Waals surface area contributed by atoms with Crippen LogP contribution in [-0.2, 0) is 6.42 Å². The normalized spacial score (nSPS) is 21.5. The van der Waals surface area contributed by atoms with Crippen LogP contribution < -0.4 is 11.1 Å². The molecule has 2 unspecified atom stereocenters. The summed E-state index contributed by atoms with van der Waals surface area (Å²) >= 11 is 0. The second kappa shape index (κ2) is 9.61. The molecule has 1 aliphatic heterocycles. The van der Waals surface area contributed by atoms with Gasteiger partial charge in [-0.15, -0.1) is 0 Å². The molecule has 2 atom stereocenters. The molecule has 3 aromatic rings. The van der Waals surface area contributed by atoms with Gasteiger partial charge in [0.05, 0.1) is 5.39 Å². The minimum absolute atomic E-state index is 0.170. The third kappa shape index (κ3) is 4.80. The number of hydrogen-bond donors (Lipinski definition) is 2. The summed E-state index contributed by atoms with van der Waals surface area (Å²) in [4.78, 5) is 11.3. The van der Waals surface area contributed by atoms with Crippen LogP contribution in [0.3, 0.4) is 0 Å². The van der Waals surface area contributed by atoms with Gasteiger partial charge in [-0.3, -0.25) is 0 Å². The monoisotopic (exact) mass is 448 g/mol. The highest BCUT2D eigenvalue weighted by atomic mass is 19.1. The van der Waals surface area contributed by atoms with Crippen LogP contribution in [-0.4, -0.2) is 52.2 Å². The summed E-state index contributed by atoms with van der Waals surface area (Å²) in [6.07, 6.45) is 10.1. The molecule has 1 saturated carbocycles. The van der Waals surface area contributed by atoms with Crippen molar-refractivity contribution in [2.24, 2.45) is 11.8 Å². The molecule has 6 nitrogen and oxygen atoms in total. The molecule has 1 aliphatic carbocycles. The second-order valence-electron chi connectivity index (χ2n) is 9.65. The molecule has 0 bridgehead atoms. The van der Waals surface area contributed by atoms with Crippen molar-refractivity contribution >= 4 is 22.9 Å². The van der Waals surface area contributed by atoms with Crippen molar-refractivity contribution in [3.05, 3.63) is 60.3 Å². The maximum absolute atomic E-state index is 13.0. The Morgan fingerprint density at radius 1 is 1.15 bits per heavy atom. The lowest BCUT2D eigenvalue weighted by Gasteiger charge is -2.41. The van der Waals surface area contributed by atoms with Gasteiger partial charge in [-0.05, 0) is 61.8 Å². The molecule has 1 saturated heterocycles. The molecule has 0 spiro atoms. The summed E-state index contributed by atoms with van der Waals surface area (Å²) in [7, 11) is 0. The smallest absolute Gasteiger partial charge is 0.146 e. The zero-order chi connectivity index (χ0) is 22.8. The van der Waals surface area contributed by atoms with Crippen molar-refractivity contribution < 1.29 is 4.39 Å². The number of aromatic nitrogens is 3. The molecule has 5 rings (SSSR count). The fraction of sp³-hybridized carbons (Fsp3) is 0.462. The highest BCUT2D eigenvalue weighted by molar-refractivity contribution is 5.94. The summed E-state index contributed by atoms with van der Waals surface area (Å²) in [5.74, 6) is 1.82. The first-order valence-corrected chi connectivity index (χ1v) is 12.0. The van der Waals surface area contributed by atoms with E-state index in [1.807, 2.05) is 18.2 Å². The fourth-order valence-electron chi connectivity index (χ4n) is 5.55. The second-order valence-corrected chi connectivity index (χ2v) is 9.65. The zero-order valence-electron chi connectivity index (χ0n) is 19.1. The number of fused-ring (bicyclic) bond motifs is 1. The molecule has 3 heterocycles. The largest absolute Gasteiger partial charge is 0.383 e. The van der Waals surface area contributed by atoms with Crippen molar-refractivity contribution in [1.29, 1.82) is 0 Å². The Hall–Kier alpha value is -2.77. The van der Waals surface area contributed by atoms with Gasteiger partial charge in [0.1, 0.15) is 23.6 Å². The number of rotatable bonds is 9. The summed E-state index contributed by atoms with van der Waals surface area (Å²) in [6, 6.07) is 7.27. The van der Waals surface area contributed by atoms with Crippen LogP contribution in [0.5, 0.6) is 0 Å². The Morgan fingerprint density at radius 3 is 2.76 bits per heavy atom. The molecule has 2 fully saturated rings. The Morgan fingerprint density at radius 2 is 1.97 bits per heavy atom. The number of benzene rings is 1. The minimum atomic E-state index is -0.170. The van der Waals surface area contributed by atoms with E-state index in [1.54, 1.807) is 6.33 Å². The fourth-order valence-corrected chi connectivity index (χ4v) is 5.55. The van der Waals surface area contributed by atoms with Gasteiger partial charge in [0.15, 0.2) is 0 Å². The number of nitrogens with zero attached hydrogens (tertiary/aromatic N) is 4. The van der Waals surface area contributed by atoms with E-state index in [9.17, 15) is 4.39 Å². The maximum atomic E-state index is 13.0. The summed E-state index contributed by atoms with van der Waals surface area (Å²) in [6.45, 7) is 9.49. The number of nitrogens with two attached hydrogens (primary N) is 1. The number of halogens is 1. The summed E-state index contributed by atoms with van der Waals surface area (Å²) in [5.41, 5.74) is 9.24. The number of likely N-dealkylation sites (tertiary alicyclic amines) is 1. The van der Waals surface area contributed by atoms with E-state index >= 15 is 0 Å². The van der Waals surface area contributed by atoms with Crippen molar-refractivity contribution in [1.82, 2.24) is 24.8 Å².